The van der Waals surface area contributed by atoms with Crippen molar-refractivity contribution in [1.82, 2.24) is 39.8 Å². The Kier molecular flexibility index (Phi) is 4.84. The van der Waals surface area contributed by atoms with Crippen LogP contribution >= 0.6 is 0 Å². The standard InChI is InChI=1S/C19H24N8O2/c28-19(21-15-6-12-29-13-7-15)25-10-4-14(5-11-25)18-23-22-16-2-3-17(24-27(16)18)26-9-1-8-20-26/h1-3,8-9,14-15H,4-7,10-13H2,(H,21,28). The van der Waals surface area contributed by atoms with Gasteiger partial charge in [0.05, 0.1) is 0 Å². The van der Waals surface area contributed by atoms with Gasteiger partial charge in [-0.25, -0.2) is 9.48 Å². The van der Waals surface area contributed by atoms with E-state index in [-0.39, 0.29) is 18.0 Å². The minimum absolute atomic E-state index is 0.0283. The number of fused-ring (bicyclic) bond motifs is 1. The average Bonchev–Trinajstić information content (AvgIpc) is 3.44. The molecule has 0 saturated carbocycles. The Bertz CT molecular complexity index is 971. The predicted octanol–water partition coefficient (Wildman–Crippen LogP) is 1.38. The maximum absolute atomic E-state index is 12.6. The zero-order valence-corrected chi connectivity index (χ0v) is 16.1. The van der Waals surface area contributed by atoms with Crippen LogP contribution in [0.4, 0.5) is 4.79 Å². The molecule has 0 atom stereocenters. The summed E-state index contributed by atoms with van der Waals surface area (Å²) in [6.07, 6.45) is 7.04. The first-order chi connectivity index (χ1) is 14.3. The molecule has 0 unspecified atom stereocenters. The molecule has 0 radical (unpaired) electrons. The number of piperidine rings is 1. The highest BCUT2D eigenvalue weighted by atomic mass is 16.5. The van der Waals surface area contributed by atoms with Crippen molar-refractivity contribution in [1.29, 1.82) is 0 Å². The third-order valence-electron chi connectivity index (χ3n) is 5.71. The summed E-state index contributed by atoms with van der Waals surface area (Å²) in [4.78, 5) is 14.5. The van der Waals surface area contributed by atoms with Crippen molar-refractivity contribution in [2.45, 2.75) is 37.6 Å². The lowest BCUT2D eigenvalue weighted by Gasteiger charge is -2.33. The topological polar surface area (TPSA) is 102 Å². The SMILES string of the molecule is O=C(NC1CCOCC1)N1CCC(c2nnc3ccc(-n4cccn4)nn23)CC1. The number of hydrogen-bond acceptors (Lipinski definition) is 6. The van der Waals surface area contributed by atoms with Crippen LogP contribution in [0.15, 0.2) is 30.6 Å². The number of carbonyl (C=O) groups is 1. The van der Waals surface area contributed by atoms with Crippen LogP contribution < -0.4 is 5.32 Å². The second-order valence-corrected chi connectivity index (χ2v) is 7.57. The van der Waals surface area contributed by atoms with Crippen molar-refractivity contribution in [3.63, 3.8) is 0 Å². The largest absolute Gasteiger partial charge is 0.381 e. The quantitative estimate of drug-likeness (QED) is 0.718. The number of urea groups is 1. The van der Waals surface area contributed by atoms with Crippen LogP contribution in [0.1, 0.15) is 37.4 Å². The molecule has 2 aliphatic heterocycles. The highest BCUT2D eigenvalue weighted by Gasteiger charge is 2.28. The second-order valence-electron chi connectivity index (χ2n) is 7.57. The summed E-state index contributed by atoms with van der Waals surface area (Å²) in [7, 11) is 0. The first kappa shape index (κ1) is 18.0. The molecule has 3 aromatic heterocycles. The maximum Gasteiger partial charge on any atom is 0.317 e. The van der Waals surface area contributed by atoms with Crippen LogP contribution in [0.3, 0.4) is 0 Å². The molecule has 0 aliphatic carbocycles. The Hall–Kier alpha value is -3.01. The zero-order valence-electron chi connectivity index (χ0n) is 16.1. The fourth-order valence-corrected chi connectivity index (χ4v) is 4.03. The van der Waals surface area contributed by atoms with Gasteiger partial charge in [-0.1, -0.05) is 0 Å². The zero-order chi connectivity index (χ0) is 19.6. The fourth-order valence-electron chi connectivity index (χ4n) is 4.03. The minimum atomic E-state index is 0.0283. The van der Waals surface area contributed by atoms with E-state index in [2.05, 4.69) is 25.7 Å². The van der Waals surface area contributed by atoms with E-state index >= 15 is 0 Å². The van der Waals surface area contributed by atoms with E-state index in [9.17, 15) is 4.79 Å². The minimum Gasteiger partial charge on any atom is -0.381 e. The number of likely N-dealkylation sites (tertiary alicyclic amines) is 1. The smallest absolute Gasteiger partial charge is 0.317 e. The summed E-state index contributed by atoms with van der Waals surface area (Å²) in [5.41, 5.74) is 0.718. The predicted molar refractivity (Wildman–Crippen MR) is 104 cm³/mol. The van der Waals surface area contributed by atoms with Crippen molar-refractivity contribution in [3.8, 4) is 5.82 Å². The fraction of sp³-hybridized carbons (Fsp3) is 0.526. The molecular weight excluding hydrogens is 372 g/mol. The summed E-state index contributed by atoms with van der Waals surface area (Å²) < 4.78 is 8.88. The first-order valence-electron chi connectivity index (χ1n) is 10.1. The van der Waals surface area contributed by atoms with Crippen LogP contribution in [-0.4, -0.2) is 72.9 Å². The first-order valence-corrected chi connectivity index (χ1v) is 10.1. The van der Waals surface area contributed by atoms with Gasteiger partial charge in [0, 0.05) is 50.7 Å². The molecular formula is C19H24N8O2. The molecule has 1 N–H and O–H groups in total. The number of aromatic nitrogens is 6. The van der Waals surface area contributed by atoms with Gasteiger partial charge in [-0.2, -0.15) is 9.61 Å². The van der Waals surface area contributed by atoms with E-state index in [4.69, 9.17) is 4.74 Å². The van der Waals surface area contributed by atoms with E-state index in [0.29, 0.717) is 13.1 Å². The molecule has 0 bridgehead atoms. The lowest BCUT2D eigenvalue weighted by molar-refractivity contribution is 0.0774. The number of hydrogen-bond donors (Lipinski definition) is 1. The van der Waals surface area contributed by atoms with Crippen molar-refractivity contribution in [2.24, 2.45) is 0 Å². The van der Waals surface area contributed by atoms with Crippen LogP contribution in [0.25, 0.3) is 11.5 Å². The maximum atomic E-state index is 12.6. The molecule has 3 aromatic rings. The Balaban J connectivity index is 1.26. The molecule has 2 saturated heterocycles. The van der Waals surface area contributed by atoms with Crippen molar-refractivity contribution in [2.75, 3.05) is 26.3 Å². The third-order valence-corrected chi connectivity index (χ3v) is 5.71. The van der Waals surface area contributed by atoms with Crippen LogP contribution in [0, 0.1) is 0 Å². The van der Waals surface area contributed by atoms with Gasteiger partial charge < -0.3 is 15.0 Å². The van der Waals surface area contributed by atoms with Gasteiger partial charge in [0.1, 0.15) is 0 Å². The average molecular weight is 396 g/mol. The van der Waals surface area contributed by atoms with Gasteiger partial charge in [-0.3, -0.25) is 0 Å². The molecule has 10 nitrogen and oxygen atoms in total. The molecule has 2 aliphatic rings. The van der Waals surface area contributed by atoms with Gasteiger partial charge in [0.25, 0.3) is 0 Å². The van der Waals surface area contributed by atoms with Gasteiger partial charge in [0.15, 0.2) is 17.3 Å². The van der Waals surface area contributed by atoms with E-state index in [1.165, 1.54) is 0 Å². The van der Waals surface area contributed by atoms with Crippen molar-refractivity contribution < 1.29 is 9.53 Å². The van der Waals surface area contributed by atoms with E-state index in [1.807, 2.05) is 29.3 Å². The summed E-state index contributed by atoms with van der Waals surface area (Å²) >= 11 is 0. The molecule has 2 fully saturated rings. The Morgan fingerprint density at radius 1 is 1.10 bits per heavy atom. The van der Waals surface area contributed by atoms with Crippen LogP contribution in [0.2, 0.25) is 0 Å². The molecule has 5 rings (SSSR count). The Morgan fingerprint density at radius 2 is 1.93 bits per heavy atom. The van der Waals surface area contributed by atoms with E-state index < -0.39 is 0 Å². The Morgan fingerprint density at radius 3 is 2.69 bits per heavy atom. The number of nitrogens with zero attached hydrogens (tertiary/aromatic N) is 7. The van der Waals surface area contributed by atoms with Gasteiger partial charge >= 0.3 is 6.03 Å². The van der Waals surface area contributed by atoms with Gasteiger partial charge in [0.2, 0.25) is 0 Å². The number of nitrogens with one attached hydrogen (secondary N) is 1. The lowest BCUT2D eigenvalue weighted by Crippen LogP contribution is -2.49. The normalized spacial score (nSPS) is 19.0. The number of amides is 2. The summed E-state index contributed by atoms with van der Waals surface area (Å²) in [6.45, 7) is 2.85. The van der Waals surface area contributed by atoms with E-state index in [1.54, 1.807) is 15.4 Å². The number of carbonyl (C=O) groups excluding carboxylic acids is 1. The van der Waals surface area contributed by atoms with Crippen molar-refractivity contribution >= 4 is 11.7 Å². The number of rotatable bonds is 3. The molecule has 2 amide bonds. The van der Waals surface area contributed by atoms with Gasteiger partial charge in [-0.15, -0.1) is 15.3 Å². The molecule has 0 aromatic carbocycles. The van der Waals surface area contributed by atoms with Crippen LogP contribution in [0.5, 0.6) is 0 Å². The molecule has 5 heterocycles. The van der Waals surface area contributed by atoms with Crippen molar-refractivity contribution in [3.05, 3.63) is 36.4 Å². The van der Waals surface area contributed by atoms with E-state index in [0.717, 1.165) is 56.2 Å². The highest BCUT2D eigenvalue weighted by molar-refractivity contribution is 5.74. The monoisotopic (exact) mass is 396 g/mol. The molecule has 10 heteroatoms. The van der Waals surface area contributed by atoms with Gasteiger partial charge in [-0.05, 0) is 43.9 Å². The summed E-state index contributed by atoms with van der Waals surface area (Å²) in [6, 6.07) is 5.89. The Labute approximate surface area is 167 Å². The number of ether oxygens (including phenoxy) is 1. The summed E-state index contributed by atoms with van der Waals surface area (Å²) in [5.74, 6) is 1.79. The molecule has 29 heavy (non-hydrogen) atoms. The van der Waals surface area contributed by atoms with Crippen LogP contribution in [-0.2, 0) is 4.74 Å². The second kappa shape index (κ2) is 7.78. The lowest BCUT2D eigenvalue weighted by atomic mass is 9.96. The molecule has 0 spiro atoms. The molecule has 152 valence electrons. The third kappa shape index (κ3) is 3.67. The summed E-state index contributed by atoms with van der Waals surface area (Å²) in [5, 5.41) is 20.7. The highest BCUT2D eigenvalue weighted by Crippen LogP contribution is 2.27.